The molecule has 0 bridgehead atoms. The Labute approximate surface area is 82.6 Å². The summed E-state index contributed by atoms with van der Waals surface area (Å²) in [5.41, 5.74) is 0. The lowest BCUT2D eigenvalue weighted by Gasteiger charge is -2.42. The number of benzene rings is 1. The van der Waals surface area contributed by atoms with E-state index in [1.807, 2.05) is 0 Å². The average Bonchev–Trinajstić information content (AvgIpc) is 1.82. The molecule has 7 heteroatoms. The van der Waals surface area contributed by atoms with Crippen LogP contribution in [0.4, 0.5) is 19.9 Å². The van der Waals surface area contributed by atoms with E-state index >= 15 is 0 Å². The molecular formula is C7H8ClF5S. The molecule has 0 saturated carbocycles. The van der Waals surface area contributed by atoms with E-state index in [-0.39, 0.29) is 19.6 Å². The summed E-state index contributed by atoms with van der Waals surface area (Å²) < 4.78 is 61.8. The highest BCUT2D eigenvalue weighted by Gasteiger charge is 2.62. The molecule has 0 fully saturated rings. The molecule has 0 saturated heterocycles. The van der Waals surface area contributed by atoms with Gasteiger partial charge < -0.3 is 0 Å². The third-order valence-corrected chi connectivity index (χ3v) is 2.96. The van der Waals surface area contributed by atoms with E-state index < -0.39 is 19.8 Å². The fourth-order valence-electron chi connectivity index (χ4n) is 0.692. The molecule has 84 valence electrons. The molecular weight excluding hydrogens is 247 g/mol. The standard InChI is InChI=1S/C6H4ClF5S.CH4/c7-13(9,10,11,12)6-3-1-5(8)2-4-6;/h1-4H;1H4. The summed E-state index contributed by atoms with van der Waals surface area (Å²) in [6.07, 6.45) is 0. The van der Waals surface area contributed by atoms with Gasteiger partial charge in [0.05, 0.1) is 4.90 Å². The third-order valence-electron chi connectivity index (χ3n) is 1.26. The Hall–Kier alpha value is -0.490. The molecule has 1 aromatic rings. The van der Waals surface area contributed by atoms with Crippen molar-refractivity contribution in [3.8, 4) is 0 Å². The predicted molar refractivity (Wildman–Crippen MR) is 49.3 cm³/mol. The van der Waals surface area contributed by atoms with E-state index in [1.54, 1.807) is 0 Å². The van der Waals surface area contributed by atoms with E-state index in [0.29, 0.717) is 12.1 Å². The second-order valence-corrected chi connectivity index (χ2v) is 6.69. The molecule has 0 nitrogen and oxygen atoms in total. The summed E-state index contributed by atoms with van der Waals surface area (Å²) in [5, 5.41) is 0. The first-order valence-electron chi connectivity index (χ1n) is 2.99. The van der Waals surface area contributed by atoms with Crippen LogP contribution < -0.4 is 0 Å². The topological polar surface area (TPSA) is 0 Å². The van der Waals surface area contributed by atoms with Gasteiger partial charge >= 0.3 is 0 Å². The molecule has 0 aliphatic carbocycles. The number of hydrogen-bond acceptors (Lipinski definition) is 0. The minimum Gasteiger partial charge on any atom is -0.207 e. The van der Waals surface area contributed by atoms with Crippen LogP contribution in [-0.4, -0.2) is 0 Å². The first-order chi connectivity index (χ1) is 5.49. The van der Waals surface area contributed by atoms with Crippen molar-refractivity contribution in [2.75, 3.05) is 0 Å². The van der Waals surface area contributed by atoms with Crippen LogP contribution in [0.5, 0.6) is 0 Å². The Kier molecular flexibility index (Phi) is 2.66. The van der Waals surface area contributed by atoms with Crippen LogP contribution in [0, 0.1) is 5.82 Å². The Morgan fingerprint density at radius 3 is 1.57 bits per heavy atom. The molecule has 0 aliphatic rings. The normalized spacial score (nSPS) is 16.4. The van der Waals surface area contributed by atoms with Crippen molar-refractivity contribution in [1.82, 2.24) is 0 Å². The highest BCUT2D eigenvalue weighted by Crippen LogP contribution is 3.04. The maximum absolute atomic E-state index is 12.4. The summed E-state index contributed by atoms with van der Waals surface area (Å²) >= 11 is 0. The van der Waals surface area contributed by atoms with Gasteiger partial charge in [0.25, 0.3) is 9.05 Å². The van der Waals surface area contributed by atoms with Crippen LogP contribution in [-0.2, 0) is 0 Å². The molecule has 14 heavy (non-hydrogen) atoms. The second kappa shape index (κ2) is 2.76. The lowest BCUT2D eigenvalue weighted by atomic mass is 10.4. The Balaban J connectivity index is 0.00000169. The molecule has 0 aromatic heterocycles. The summed E-state index contributed by atoms with van der Waals surface area (Å²) in [4.78, 5) is -1.65. The monoisotopic (exact) mass is 254 g/mol. The van der Waals surface area contributed by atoms with Crippen LogP contribution in [0.1, 0.15) is 7.43 Å². The van der Waals surface area contributed by atoms with Crippen molar-refractivity contribution in [1.29, 1.82) is 0 Å². The summed E-state index contributed by atoms with van der Waals surface area (Å²) in [6.45, 7) is 0. The minimum atomic E-state index is -8.65. The molecule has 0 atom stereocenters. The number of rotatable bonds is 1. The van der Waals surface area contributed by atoms with Gasteiger partial charge in [0.1, 0.15) is 5.82 Å². The van der Waals surface area contributed by atoms with E-state index in [4.69, 9.17) is 0 Å². The van der Waals surface area contributed by atoms with Crippen LogP contribution in [0.2, 0.25) is 0 Å². The lowest BCUT2D eigenvalue weighted by molar-refractivity contribution is 0.479. The van der Waals surface area contributed by atoms with Gasteiger partial charge in [-0.25, -0.2) is 4.39 Å². The quantitative estimate of drug-likeness (QED) is 0.590. The fourth-order valence-corrected chi connectivity index (χ4v) is 1.65. The van der Waals surface area contributed by atoms with Crippen LogP contribution in [0.15, 0.2) is 29.2 Å². The lowest BCUT2D eigenvalue weighted by Crippen LogP contribution is -2.03. The summed E-state index contributed by atoms with van der Waals surface area (Å²) in [5.74, 6) is -0.887. The van der Waals surface area contributed by atoms with Gasteiger partial charge in [0.2, 0.25) is 0 Å². The first kappa shape index (κ1) is 13.5. The van der Waals surface area contributed by atoms with Crippen molar-refractivity contribution in [3.05, 3.63) is 30.1 Å². The number of halogens is 6. The largest absolute Gasteiger partial charge is 0.253 e. The van der Waals surface area contributed by atoms with E-state index in [9.17, 15) is 19.9 Å². The molecule has 0 unspecified atom stereocenters. The van der Waals surface area contributed by atoms with Crippen LogP contribution >= 0.6 is 19.7 Å². The van der Waals surface area contributed by atoms with Crippen LogP contribution in [0.3, 0.4) is 0 Å². The van der Waals surface area contributed by atoms with Crippen molar-refractivity contribution in [2.45, 2.75) is 12.3 Å². The molecule has 1 rings (SSSR count). The smallest absolute Gasteiger partial charge is 0.207 e. The SMILES string of the molecule is C.Fc1ccc(S(F)(F)(F)(F)Cl)cc1. The molecule has 0 amide bonds. The van der Waals surface area contributed by atoms with Gasteiger partial charge in [-0.2, -0.15) is 0 Å². The Bertz CT molecular complexity index is 326. The molecule has 0 radical (unpaired) electrons. The molecule has 0 spiro atoms. The van der Waals surface area contributed by atoms with Gasteiger partial charge in [-0.05, 0) is 24.3 Å². The number of hydrogen-bond donors (Lipinski definition) is 0. The van der Waals surface area contributed by atoms with Crippen molar-refractivity contribution in [3.63, 3.8) is 0 Å². The summed E-state index contributed by atoms with van der Waals surface area (Å²) in [6, 6.07) is 1.53. The summed E-state index contributed by atoms with van der Waals surface area (Å²) in [7, 11) is -4.70. The third kappa shape index (κ3) is 3.34. The van der Waals surface area contributed by atoms with Gasteiger partial charge in [0, 0.05) is 10.7 Å². The average molecular weight is 255 g/mol. The van der Waals surface area contributed by atoms with Gasteiger partial charge in [-0.15, -0.1) is 15.5 Å². The Morgan fingerprint density at radius 2 is 1.29 bits per heavy atom. The Morgan fingerprint density at radius 1 is 0.929 bits per heavy atom. The zero-order chi connectivity index (χ0) is 10.4. The maximum atomic E-state index is 12.4. The van der Waals surface area contributed by atoms with Crippen molar-refractivity contribution >= 4 is 19.7 Å². The zero-order valence-corrected chi connectivity index (χ0v) is 7.56. The van der Waals surface area contributed by atoms with Crippen molar-refractivity contribution in [2.24, 2.45) is 0 Å². The minimum absolute atomic E-state index is 0. The molecule has 1 aromatic carbocycles. The van der Waals surface area contributed by atoms with E-state index in [0.717, 1.165) is 0 Å². The fraction of sp³-hybridized carbons (Fsp3) is 0.143. The van der Waals surface area contributed by atoms with Gasteiger partial charge in [0.15, 0.2) is 0 Å². The van der Waals surface area contributed by atoms with Gasteiger partial charge in [-0.1, -0.05) is 7.43 Å². The maximum Gasteiger partial charge on any atom is 0.253 e. The predicted octanol–water partition coefficient (Wildman–Crippen LogP) is 5.39. The van der Waals surface area contributed by atoms with E-state index in [1.165, 1.54) is 0 Å². The molecule has 0 N–H and O–H groups in total. The van der Waals surface area contributed by atoms with E-state index in [2.05, 4.69) is 10.7 Å². The first-order valence-corrected chi connectivity index (χ1v) is 5.86. The second-order valence-electron chi connectivity index (χ2n) is 2.42. The zero-order valence-electron chi connectivity index (χ0n) is 5.99. The highest BCUT2D eigenvalue weighted by molar-refractivity contribution is 8.65. The van der Waals surface area contributed by atoms with Crippen molar-refractivity contribution < 1.29 is 19.9 Å². The molecule has 0 heterocycles. The molecule has 0 aliphatic heterocycles. The van der Waals surface area contributed by atoms with Gasteiger partial charge in [-0.3, -0.25) is 0 Å². The highest BCUT2D eigenvalue weighted by atomic mass is 35.7. The van der Waals surface area contributed by atoms with Crippen LogP contribution in [0.25, 0.3) is 0 Å².